The van der Waals surface area contributed by atoms with E-state index in [-0.39, 0.29) is 24.0 Å². The van der Waals surface area contributed by atoms with Crippen molar-refractivity contribution < 1.29 is 17.9 Å². The number of carbonyl (C=O) groups excluding carboxylic acids is 1. The summed E-state index contributed by atoms with van der Waals surface area (Å²) in [6.45, 7) is 1.94. The van der Waals surface area contributed by atoms with Gasteiger partial charge in [0.05, 0.1) is 10.6 Å². The van der Waals surface area contributed by atoms with Crippen LogP contribution in [0.4, 0.5) is 5.82 Å². The number of nitrogens with zero attached hydrogens (tertiary/aromatic N) is 1. The Morgan fingerprint density at radius 3 is 2.76 bits per heavy atom. The first-order chi connectivity index (χ1) is 13.9. The van der Waals surface area contributed by atoms with Crippen LogP contribution in [0.3, 0.4) is 0 Å². The second-order valence-corrected chi connectivity index (χ2v) is 8.77. The van der Waals surface area contributed by atoms with Crippen molar-refractivity contribution in [3.05, 3.63) is 71.4 Å². The highest BCUT2D eigenvalue weighted by molar-refractivity contribution is 7.91. The van der Waals surface area contributed by atoms with Crippen LogP contribution in [0.5, 0.6) is 5.75 Å². The van der Waals surface area contributed by atoms with E-state index in [2.05, 4.69) is 20.8 Å². The molecule has 0 radical (unpaired) electrons. The third kappa shape index (κ3) is 3.87. The van der Waals surface area contributed by atoms with Crippen molar-refractivity contribution in [2.75, 3.05) is 11.9 Å². The first-order valence-corrected chi connectivity index (χ1v) is 10.6. The van der Waals surface area contributed by atoms with Crippen LogP contribution in [0, 0.1) is 6.92 Å². The quantitative estimate of drug-likeness (QED) is 0.573. The van der Waals surface area contributed by atoms with E-state index >= 15 is 0 Å². The van der Waals surface area contributed by atoms with Gasteiger partial charge in [0.25, 0.3) is 5.91 Å². The number of rotatable bonds is 6. The maximum Gasteiger partial charge on any atom is 0.263 e. The molecule has 0 aliphatic carbocycles. The van der Waals surface area contributed by atoms with Crippen LogP contribution in [-0.4, -0.2) is 31.1 Å². The standard InChI is InChI=1S/C20H20N4O4S/c1-13-6-5-9-15(10-13)29(26,27)20-18-16(11-21-20)19(24-23-18)22-17(25)12-28-14-7-3-2-4-8-14/h2-10,20-21H,11-12H2,1H3,(H2,22,23,24,25). The number of benzene rings is 2. The van der Waals surface area contributed by atoms with Gasteiger partial charge in [-0.05, 0) is 36.8 Å². The summed E-state index contributed by atoms with van der Waals surface area (Å²) in [6.07, 6.45) is 0. The average Bonchev–Trinajstić information content (AvgIpc) is 3.30. The van der Waals surface area contributed by atoms with E-state index in [0.717, 1.165) is 5.56 Å². The molecule has 2 heterocycles. The van der Waals surface area contributed by atoms with Gasteiger partial charge in [0, 0.05) is 12.1 Å². The minimum Gasteiger partial charge on any atom is -0.484 e. The molecule has 1 aliphatic heterocycles. The van der Waals surface area contributed by atoms with Crippen molar-refractivity contribution in [2.45, 2.75) is 23.7 Å². The second kappa shape index (κ2) is 7.69. The molecular weight excluding hydrogens is 392 g/mol. The number of para-hydroxylation sites is 1. The molecule has 4 rings (SSSR count). The smallest absolute Gasteiger partial charge is 0.263 e. The molecule has 0 saturated heterocycles. The Balaban J connectivity index is 1.48. The lowest BCUT2D eigenvalue weighted by atomic mass is 10.2. The lowest BCUT2D eigenvalue weighted by molar-refractivity contribution is -0.118. The summed E-state index contributed by atoms with van der Waals surface area (Å²) in [7, 11) is -3.66. The molecule has 1 atom stereocenters. The molecule has 1 unspecified atom stereocenters. The van der Waals surface area contributed by atoms with Crippen LogP contribution in [-0.2, 0) is 21.2 Å². The summed E-state index contributed by atoms with van der Waals surface area (Å²) in [5.74, 6) is 0.505. The lowest BCUT2D eigenvalue weighted by Gasteiger charge is -2.12. The number of hydrogen-bond donors (Lipinski definition) is 3. The van der Waals surface area contributed by atoms with Crippen molar-refractivity contribution in [1.82, 2.24) is 15.5 Å². The zero-order chi connectivity index (χ0) is 20.4. The van der Waals surface area contributed by atoms with Gasteiger partial charge < -0.3 is 10.1 Å². The van der Waals surface area contributed by atoms with E-state index in [1.54, 1.807) is 30.3 Å². The second-order valence-electron chi connectivity index (χ2n) is 6.74. The molecule has 0 saturated carbocycles. The first kappa shape index (κ1) is 19.2. The van der Waals surface area contributed by atoms with Gasteiger partial charge in [-0.3, -0.25) is 15.2 Å². The average molecular weight is 412 g/mol. The summed E-state index contributed by atoms with van der Waals surface area (Å²) in [5, 5.41) is 11.6. The molecule has 0 fully saturated rings. The number of amides is 1. The number of aryl methyl sites for hydroxylation is 1. The molecule has 1 amide bonds. The third-order valence-corrected chi connectivity index (χ3v) is 6.56. The molecule has 8 nitrogen and oxygen atoms in total. The van der Waals surface area contributed by atoms with E-state index in [1.165, 1.54) is 0 Å². The third-order valence-electron chi connectivity index (χ3n) is 4.62. The van der Waals surface area contributed by atoms with E-state index < -0.39 is 15.2 Å². The zero-order valence-corrected chi connectivity index (χ0v) is 16.5. The van der Waals surface area contributed by atoms with Crippen molar-refractivity contribution in [2.24, 2.45) is 0 Å². The molecule has 1 aromatic heterocycles. The summed E-state index contributed by atoms with van der Waals surface area (Å²) in [4.78, 5) is 12.4. The largest absolute Gasteiger partial charge is 0.484 e. The lowest BCUT2D eigenvalue weighted by Crippen LogP contribution is -2.24. The molecule has 9 heteroatoms. The number of H-pyrrole nitrogens is 1. The molecule has 150 valence electrons. The SMILES string of the molecule is Cc1cccc(S(=O)(=O)C2NCc3c(NC(=O)COc4ccccc4)n[nH]c32)c1. The molecule has 0 spiro atoms. The highest BCUT2D eigenvalue weighted by atomic mass is 32.2. The van der Waals surface area contributed by atoms with Crippen molar-refractivity contribution in [1.29, 1.82) is 0 Å². The zero-order valence-electron chi connectivity index (χ0n) is 15.7. The van der Waals surface area contributed by atoms with E-state index in [9.17, 15) is 13.2 Å². The molecule has 1 aliphatic rings. The van der Waals surface area contributed by atoms with E-state index in [1.807, 2.05) is 31.2 Å². The Hall–Kier alpha value is -3.17. The number of aromatic nitrogens is 2. The van der Waals surface area contributed by atoms with Crippen LogP contribution in [0.2, 0.25) is 0 Å². The Kier molecular flexibility index (Phi) is 5.08. The maximum absolute atomic E-state index is 13.0. The van der Waals surface area contributed by atoms with Gasteiger partial charge in [-0.2, -0.15) is 5.10 Å². The highest BCUT2D eigenvalue weighted by Crippen LogP contribution is 2.35. The summed E-state index contributed by atoms with van der Waals surface area (Å²) >= 11 is 0. The monoisotopic (exact) mass is 412 g/mol. The van der Waals surface area contributed by atoms with Crippen LogP contribution < -0.4 is 15.4 Å². The number of ether oxygens (including phenoxy) is 1. The fourth-order valence-electron chi connectivity index (χ4n) is 3.20. The summed E-state index contributed by atoms with van der Waals surface area (Å²) in [6, 6.07) is 15.7. The molecule has 3 aromatic rings. The van der Waals surface area contributed by atoms with Crippen LogP contribution in [0.1, 0.15) is 22.2 Å². The summed E-state index contributed by atoms with van der Waals surface area (Å²) < 4.78 is 31.5. The maximum atomic E-state index is 13.0. The Morgan fingerprint density at radius 2 is 2.00 bits per heavy atom. The Morgan fingerprint density at radius 1 is 1.21 bits per heavy atom. The van der Waals surface area contributed by atoms with Crippen LogP contribution in [0.15, 0.2) is 59.5 Å². The minimum atomic E-state index is -3.66. The predicted octanol–water partition coefficient (Wildman–Crippen LogP) is 2.31. The highest BCUT2D eigenvalue weighted by Gasteiger charge is 2.38. The van der Waals surface area contributed by atoms with Crippen LogP contribution >= 0.6 is 0 Å². The van der Waals surface area contributed by atoms with Gasteiger partial charge in [-0.1, -0.05) is 30.3 Å². The van der Waals surface area contributed by atoms with Crippen molar-refractivity contribution >= 4 is 21.6 Å². The minimum absolute atomic E-state index is 0.176. The van der Waals surface area contributed by atoms with Gasteiger partial charge in [-0.25, -0.2) is 8.42 Å². The number of sulfone groups is 1. The van der Waals surface area contributed by atoms with Crippen LogP contribution in [0.25, 0.3) is 0 Å². The van der Waals surface area contributed by atoms with Gasteiger partial charge >= 0.3 is 0 Å². The van der Waals surface area contributed by atoms with E-state index in [4.69, 9.17) is 4.74 Å². The first-order valence-electron chi connectivity index (χ1n) is 9.04. The van der Waals surface area contributed by atoms with Gasteiger partial charge in [-0.15, -0.1) is 0 Å². The molecule has 2 aromatic carbocycles. The number of aromatic amines is 1. The van der Waals surface area contributed by atoms with Crippen molar-refractivity contribution in [3.8, 4) is 5.75 Å². The normalized spacial score (nSPS) is 15.7. The topological polar surface area (TPSA) is 113 Å². The fraction of sp³-hybridized carbons (Fsp3) is 0.200. The van der Waals surface area contributed by atoms with Crippen molar-refractivity contribution in [3.63, 3.8) is 0 Å². The number of carbonyl (C=O) groups is 1. The molecule has 3 N–H and O–H groups in total. The number of nitrogens with one attached hydrogen (secondary N) is 3. The van der Waals surface area contributed by atoms with Gasteiger partial charge in [0.1, 0.15) is 5.75 Å². The predicted molar refractivity (Wildman–Crippen MR) is 107 cm³/mol. The number of anilines is 1. The molecule has 0 bridgehead atoms. The number of fused-ring (bicyclic) bond motifs is 1. The molecule has 29 heavy (non-hydrogen) atoms. The number of hydrogen-bond acceptors (Lipinski definition) is 6. The summed E-state index contributed by atoms with van der Waals surface area (Å²) in [5.41, 5.74) is 1.92. The fourth-order valence-corrected chi connectivity index (χ4v) is 4.90. The van der Waals surface area contributed by atoms with E-state index in [0.29, 0.717) is 22.8 Å². The van der Waals surface area contributed by atoms with Gasteiger partial charge in [0.2, 0.25) is 0 Å². The van der Waals surface area contributed by atoms with Gasteiger partial charge in [0.15, 0.2) is 27.6 Å². The Labute approximate surface area is 168 Å². The Bertz CT molecular complexity index is 1140. The molecular formula is C20H20N4O4S.